The summed E-state index contributed by atoms with van der Waals surface area (Å²) in [7, 11) is 2.97. The van der Waals surface area contributed by atoms with E-state index in [2.05, 4.69) is 13.2 Å². The van der Waals surface area contributed by atoms with Crippen molar-refractivity contribution in [3.05, 3.63) is 108 Å². The average molecular weight is 627 g/mol. The third-order valence-electron chi connectivity index (χ3n) is 8.11. The lowest BCUT2D eigenvalue weighted by Gasteiger charge is -2.26. The van der Waals surface area contributed by atoms with Gasteiger partial charge in [0.2, 0.25) is 0 Å². The van der Waals surface area contributed by atoms with E-state index in [1.54, 1.807) is 48.5 Å². The van der Waals surface area contributed by atoms with Crippen molar-refractivity contribution in [1.82, 2.24) is 9.13 Å². The fourth-order valence-electron chi connectivity index (χ4n) is 6.03. The Kier molecular flexibility index (Phi) is 8.06. The van der Waals surface area contributed by atoms with Gasteiger partial charge in [-0.1, -0.05) is 12.2 Å². The van der Waals surface area contributed by atoms with Crippen LogP contribution >= 0.6 is 0 Å². The largest absolute Gasteiger partial charge is 0.497 e. The molecule has 10 heteroatoms. The molecule has 0 aliphatic heterocycles. The number of aryl methyl sites for hydroxylation is 2. The van der Waals surface area contributed by atoms with Crippen LogP contribution in [0.4, 0.5) is 26.3 Å². The van der Waals surface area contributed by atoms with E-state index in [-0.39, 0.29) is 24.2 Å². The number of aromatic nitrogens is 2. The molecule has 45 heavy (non-hydrogen) atoms. The van der Waals surface area contributed by atoms with Crippen LogP contribution in [0.25, 0.3) is 33.7 Å². The summed E-state index contributed by atoms with van der Waals surface area (Å²) in [5, 5.41) is 0. The Morgan fingerprint density at radius 3 is 1.24 bits per heavy atom. The van der Waals surface area contributed by atoms with Crippen LogP contribution in [0.1, 0.15) is 22.5 Å². The maximum atomic E-state index is 16.1. The van der Waals surface area contributed by atoms with E-state index in [9.17, 15) is 0 Å². The first-order valence-corrected chi connectivity index (χ1v) is 14.1. The molecule has 0 N–H and O–H groups in total. The van der Waals surface area contributed by atoms with Gasteiger partial charge in [0.15, 0.2) is 0 Å². The van der Waals surface area contributed by atoms with Crippen molar-refractivity contribution < 1.29 is 35.8 Å². The van der Waals surface area contributed by atoms with E-state index in [1.807, 2.05) is 0 Å². The van der Waals surface area contributed by atoms with Gasteiger partial charge in [-0.15, -0.1) is 13.2 Å². The van der Waals surface area contributed by atoms with Gasteiger partial charge in [0, 0.05) is 24.5 Å². The first-order chi connectivity index (χ1) is 21.3. The molecule has 0 fully saturated rings. The van der Waals surface area contributed by atoms with Gasteiger partial charge in [0.05, 0.1) is 36.8 Å². The minimum absolute atomic E-state index is 0.113. The number of halogens is 6. The summed E-state index contributed by atoms with van der Waals surface area (Å²) < 4.78 is 108. The molecule has 0 radical (unpaired) electrons. The zero-order valence-electron chi connectivity index (χ0n) is 25.2. The number of allylic oxidation sites excluding steroid dienone is 4. The molecule has 2 aromatic carbocycles. The van der Waals surface area contributed by atoms with E-state index >= 15 is 26.3 Å². The molecule has 0 amide bonds. The molecule has 236 valence electrons. The Bertz CT molecular complexity index is 1670. The van der Waals surface area contributed by atoms with Crippen molar-refractivity contribution in [2.45, 2.75) is 44.7 Å². The second-order valence-electron chi connectivity index (χ2n) is 10.9. The number of benzene rings is 2. The summed E-state index contributed by atoms with van der Waals surface area (Å²) in [6.07, 6.45) is 2.79. The van der Waals surface area contributed by atoms with E-state index < -0.39 is 40.3 Å². The van der Waals surface area contributed by atoms with Crippen LogP contribution in [0.15, 0.2) is 86.0 Å². The second-order valence-corrected chi connectivity index (χ2v) is 10.9. The van der Waals surface area contributed by atoms with Crippen LogP contribution < -0.4 is 9.47 Å². The molecular formula is C35H32F6N2O2. The zero-order chi connectivity index (χ0) is 32.9. The van der Waals surface area contributed by atoms with Crippen molar-refractivity contribution in [2.75, 3.05) is 14.2 Å². The van der Waals surface area contributed by atoms with E-state index in [0.717, 1.165) is 0 Å². The Labute approximate surface area is 257 Å². The van der Waals surface area contributed by atoms with Gasteiger partial charge in [-0.3, -0.25) is 0 Å². The number of alkyl halides is 6. The number of methoxy groups -OCH3 is 2. The Hall–Kier alpha value is -4.60. The van der Waals surface area contributed by atoms with Crippen molar-refractivity contribution >= 4 is 11.1 Å². The van der Waals surface area contributed by atoms with Gasteiger partial charge >= 0.3 is 17.8 Å². The molecule has 2 heterocycles. The van der Waals surface area contributed by atoms with Crippen molar-refractivity contribution in [2.24, 2.45) is 0 Å². The maximum Gasteiger partial charge on any atom is 0.380 e. The van der Waals surface area contributed by atoms with Gasteiger partial charge < -0.3 is 18.6 Å². The van der Waals surface area contributed by atoms with E-state index in [1.165, 1.54) is 61.5 Å². The van der Waals surface area contributed by atoms with Crippen LogP contribution in [0.2, 0.25) is 0 Å². The predicted octanol–water partition coefficient (Wildman–Crippen LogP) is 9.46. The van der Waals surface area contributed by atoms with Crippen LogP contribution in [-0.2, 0) is 13.1 Å². The predicted molar refractivity (Wildman–Crippen MR) is 164 cm³/mol. The Morgan fingerprint density at radius 2 is 0.956 bits per heavy atom. The topological polar surface area (TPSA) is 28.3 Å². The second kappa shape index (κ2) is 11.4. The number of hydrogen-bond donors (Lipinski definition) is 0. The van der Waals surface area contributed by atoms with Crippen LogP contribution in [0.5, 0.6) is 11.5 Å². The quantitative estimate of drug-likeness (QED) is 0.130. The lowest BCUT2D eigenvalue weighted by Crippen LogP contribution is -2.49. The van der Waals surface area contributed by atoms with Crippen molar-refractivity contribution in [1.29, 1.82) is 0 Å². The van der Waals surface area contributed by atoms with Gasteiger partial charge in [-0.25, -0.2) is 0 Å². The van der Waals surface area contributed by atoms with Crippen molar-refractivity contribution in [3.63, 3.8) is 0 Å². The first-order valence-electron chi connectivity index (χ1n) is 14.1. The molecule has 0 spiro atoms. The van der Waals surface area contributed by atoms with Crippen molar-refractivity contribution in [3.8, 4) is 34.0 Å². The molecule has 4 aromatic rings. The Balaban J connectivity index is 1.88. The molecular weight excluding hydrogens is 594 g/mol. The molecule has 5 rings (SSSR count). The molecule has 0 atom stereocenters. The smallest absolute Gasteiger partial charge is 0.380 e. The van der Waals surface area contributed by atoms with Gasteiger partial charge in [-0.2, -0.15) is 26.3 Å². The first kappa shape index (κ1) is 31.8. The molecule has 0 saturated carbocycles. The van der Waals surface area contributed by atoms with E-state index in [4.69, 9.17) is 9.47 Å². The number of rotatable bonds is 10. The molecule has 1 aliphatic rings. The van der Waals surface area contributed by atoms with E-state index in [0.29, 0.717) is 34.0 Å². The van der Waals surface area contributed by atoms with Crippen LogP contribution in [0.3, 0.4) is 0 Å². The number of hydrogen-bond acceptors (Lipinski definition) is 2. The molecule has 2 aromatic heterocycles. The molecule has 0 bridgehead atoms. The molecule has 0 saturated heterocycles. The SMILES string of the molecule is C=CCn1c(-c2ccc(OC)cc2)cc(C)c1C1=C(c2c(C)cc(-c3ccc(OC)cc3)n2CC=C)C(F)(F)C(F)(F)C1(F)F. The van der Waals surface area contributed by atoms with Gasteiger partial charge in [-0.05, 0) is 96.8 Å². The summed E-state index contributed by atoms with van der Waals surface area (Å²) in [6, 6.07) is 16.3. The molecule has 0 unspecified atom stereocenters. The lowest BCUT2D eigenvalue weighted by molar-refractivity contribution is -0.254. The zero-order valence-corrected chi connectivity index (χ0v) is 25.2. The van der Waals surface area contributed by atoms with Gasteiger partial charge in [0.1, 0.15) is 11.5 Å². The minimum atomic E-state index is -5.73. The summed E-state index contributed by atoms with van der Waals surface area (Å²) in [5.74, 6) is -15.1. The normalized spacial score (nSPS) is 16.6. The summed E-state index contributed by atoms with van der Waals surface area (Å²) in [6.45, 7) is 10.1. The molecule has 4 nitrogen and oxygen atoms in total. The maximum absolute atomic E-state index is 16.1. The van der Waals surface area contributed by atoms with Gasteiger partial charge in [0.25, 0.3) is 0 Å². The standard InChI is InChI=1S/C35H32F6N2O2/c1-7-17-42-27(23-9-13-25(44-5)14-10-23)19-21(3)31(42)29-30(34(38,39)35(40,41)33(29,36)37)32-22(4)20-28(43(32)18-8-2)24-11-15-26(45-6)16-12-24/h7-16,19-20H,1-2,17-18H2,3-6H3. The fourth-order valence-corrected chi connectivity index (χ4v) is 6.03. The highest BCUT2D eigenvalue weighted by molar-refractivity contribution is 6.02. The highest BCUT2D eigenvalue weighted by Crippen LogP contribution is 2.65. The highest BCUT2D eigenvalue weighted by atomic mass is 19.3. The van der Waals surface area contributed by atoms with Crippen LogP contribution in [-0.4, -0.2) is 41.1 Å². The Morgan fingerprint density at radius 1 is 0.622 bits per heavy atom. The highest BCUT2D eigenvalue weighted by Gasteiger charge is 2.81. The van der Waals surface area contributed by atoms with Crippen LogP contribution in [0, 0.1) is 13.8 Å². The summed E-state index contributed by atoms with van der Waals surface area (Å²) in [4.78, 5) is 0. The summed E-state index contributed by atoms with van der Waals surface area (Å²) >= 11 is 0. The lowest BCUT2D eigenvalue weighted by atomic mass is 9.98. The summed E-state index contributed by atoms with van der Waals surface area (Å²) in [5.41, 5.74) is -1.63. The monoisotopic (exact) mass is 626 g/mol. The number of nitrogens with zero attached hydrogens (tertiary/aromatic N) is 2. The minimum Gasteiger partial charge on any atom is -0.497 e. The third kappa shape index (κ3) is 4.78. The number of ether oxygens (including phenoxy) is 2. The fraction of sp³-hybridized carbons (Fsp3) is 0.257. The third-order valence-corrected chi connectivity index (χ3v) is 8.11. The average Bonchev–Trinajstić information content (AvgIpc) is 3.53. The molecule has 1 aliphatic carbocycles.